The highest BCUT2D eigenvalue weighted by Gasteiger charge is 2.73. The predicted molar refractivity (Wildman–Crippen MR) is 113 cm³/mol. The van der Waals surface area contributed by atoms with Crippen molar-refractivity contribution in [3.05, 3.63) is 36.4 Å². The molecule has 0 atom stereocenters. The third kappa shape index (κ3) is 2.82. The van der Waals surface area contributed by atoms with E-state index in [0.717, 1.165) is 73.8 Å². The van der Waals surface area contributed by atoms with Crippen LogP contribution >= 0.6 is 0 Å². The molecule has 2 amide bonds. The van der Waals surface area contributed by atoms with Gasteiger partial charge in [-0.15, -0.1) is 0 Å². The number of piperidine rings is 1. The molecule has 2 aromatic carbocycles. The predicted octanol–water partition coefficient (Wildman–Crippen LogP) is 4.36. The second-order valence-corrected chi connectivity index (χ2v) is 8.83. The lowest BCUT2D eigenvalue weighted by Crippen LogP contribution is -2.47. The molecule has 2 aromatic rings. The van der Waals surface area contributed by atoms with E-state index in [4.69, 9.17) is 4.74 Å². The monoisotopic (exact) mass is 392 g/mol. The maximum atomic E-state index is 13.5. The van der Waals surface area contributed by atoms with Crippen molar-refractivity contribution in [2.75, 3.05) is 25.5 Å². The van der Waals surface area contributed by atoms with Gasteiger partial charge in [0.25, 0.3) is 0 Å². The standard InChI is InChI=1S/C24H28N2O3/c1-29-20-10-9-19(17-7-3-4-8-18(17)20)25-21(27)23(11-12-23)24(13-14-24)22(28)26-15-5-2-6-16-26/h3-4,7-10H,2,5-6,11-16H2,1H3,(H,25,27). The summed E-state index contributed by atoms with van der Waals surface area (Å²) in [7, 11) is 1.66. The fraction of sp³-hybridized carbons (Fsp3) is 0.500. The van der Waals surface area contributed by atoms with Gasteiger partial charge in [-0.05, 0) is 57.1 Å². The summed E-state index contributed by atoms with van der Waals surface area (Å²) >= 11 is 0. The van der Waals surface area contributed by atoms with Crippen LogP contribution in [0.5, 0.6) is 5.75 Å². The van der Waals surface area contributed by atoms with E-state index < -0.39 is 10.8 Å². The number of nitrogens with one attached hydrogen (secondary N) is 1. The molecule has 0 bridgehead atoms. The molecule has 2 saturated carbocycles. The van der Waals surface area contributed by atoms with E-state index >= 15 is 0 Å². The molecule has 3 fully saturated rings. The SMILES string of the molecule is COc1ccc(NC(=O)C2(C3(C(=O)N4CCCCC4)CC3)CC2)c2ccccc12. The Morgan fingerprint density at radius 1 is 0.897 bits per heavy atom. The first kappa shape index (κ1) is 18.5. The number of methoxy groups -OCH3 is 1. The van der Waals surface area contributed by atoms with Gasteiger partial charge in [-0.3, -0.25) is 9.59 Å². The van der Waals surface area contributed by atoms with E-state index in [2.05, 4.69) is 5.32 Å². The molecule has 5 nitrogen and oxygen atoms in total. The number of likely N-dealkylation sites (tertiary alicyclic amines) is 1. The maximum Gasteiger partial charge on any atom is 0.231 e. The van der Waals surface area contributed by atoms with Gasteiger partial charge in [-0.25, -0.2) is 0 Å². The minimum Gasteiger partial charge on any atom is -0.496 e. The van der Waals surface area contributed by atoms with Gasteiger partial charge >= 0.3 is 0 Å². The number of amides is 2. The first-order chi connectivity index (χ1) is 14.1. The molecule has 5 rings (SSSR count). The molecule has 152 valence electrons. The van der Waals surface area contributed by atoms with Crippen LogP contribution in [-0.2, 0) is 9.59 Å². The number of hydrogen-bond acceptors (Lipinski definition) is 3. The average molecular weight is 392 g/mol. The van der Waals surface area contributed by atoms with E-state index in [-0.39, 0.29) is 11.8 Å². The van der Waals surface area contributed by atoms with Gasteiger partial charge in [0.1, 0.15) is 5.75 Å². The van der Waals surface area contributed by atoms with Crippen molar-refractivity contribution in [3.63, 3.8) is 0 Å². The van der Waals surface area contributed by atoms with Crippen molar-refractivity contribution >= 4 is 28.3 Å². The lowest BCUT2D eigenvalue weighted by Gasteiger charge is -2.34. The van der Waals surface area contributed by atoms with Crippen molar-refractivity contribution in [1.82, 2.24) is 4.90 Å². The van der Waals surface area contributed by atoms with Crippen molar-refractivity contribution < 1.29 is 14.3 Å². The second kappa shape index (κ2) is 6.75. The van der Waals surface area contributed by atoms with E-state index in [1.807, 2.05) is 41.3 Å². The number of nitrogens with zero attached hydrogens (tertiary/aromatic N) is 1. The number of anilines is 1. The van der Waals surface area contributed by atoms with Gasteiger partial charge in [0.05, 0.1) is 17.9 Å². The average Bonchev–Trinajstić information content (AvgIpc) is 3.67. The maximum absolute atomic E-state index is 13.5. The summed E-state index contributed by atoms with van der Waals surface area (Å²) in [6.45, 7) is 1.70. The zero-order valence-corrected chi connectivity index (χ0v) is 17.0. The van der Waals surface area contributed by atoms with Gasteiger partial charge in [0.2, 0.25) is 11.8 Å². The first-order valence-corrected chi connectivity index (χ1v) is 10.8. The van der Waals surface area contributed by atoms with Crippen LogP contribution in [0.2, 0.25) is 0 Å². The Kier molecular flexibility index (Phi) is 4.30. The van der Waals surface area contributed by atoms with Gasteiger partial charge < -0.3 is 15.0 Å². The lowest BCUT2D eigenvalue weighted by atomic mass is 9.82. The Morgan fingerprint density at radius 3 is 2.17 bits per heavy atom. The van der Waals surface area contributed by atoms with Crippen LogP contribution in [0.3, 0.4) is 0 Å². The van der Waals surface area contributed by atoms with Crippen molar-refractivity contribution in [2.24, 2.45) is 10.8 Å². The summed E-state index contributed by atoms with van der Waals surface area (Å²) in [5, 5.41) is 5.11. The number of fused-ring (bicyclic) bond motifs is 1. The highest BCUT2D eigenvalue weighted by Crippen LogP contribution is 2.71. The van der Waals surface area contributed by atoms with Crippen LogP contribution in [0.15, 0.2) is 36.4 Å². The van der Waals surface area contributed by atoms with Crippen LogP contribution in [0, 0.1) is 10.8 Å². The summed E-state index contributed by atoms with van der Waals surface area (Å²) in [6.07, 6.45) is 6.68. The van der Waals surface area contributed by atoms with E-state index in [0.29, 0.717) is 0 Å². The summed E-state index contributed by atoms with van der Waals surface area (Å²) < 4.78 is 5.47. The molecule has 5 heteroatoms. The lowest BCUT2D eigenvalue weighted by molar-refractivity contribution is -0.144. The fourth-order valence-electron chi connectivity index (χ4n) is 5.27. The first-order valence-electron chi connectivity index (χ1n) is 10.8. The molecule has 0 radical (unpaired) electrons. The zero-order chi connectivity index (χ0) is 20.1. The molecule has 0 aromatic heterocycles. The van der Waals surface area contributed by atoms with Crippen molar-refractivity contribution in [1.29, 1.82) is 0 Å². The van der Waals surface area contributed by atoms with E-state index in [9.17, 15) is 9.59 Å². The Hall–Kier alpha value is -2.56. The highest BCUT2D eigenvalue weighted by molar-refractivity contribution is 6.09. The minimum atomic E-state index is -0.525. The molecule has 1 saturated heterocycles. The van der Waals surface area contributed by atoms with E-state index in [1.165, 1.54) is 6.42 Å². The molecule has 0 spiro atoms. The number of ether oxygens (including phenoxy) is 1. The molecular weight excluding hydrogens is 364 g/mol. The molecule has 1 heterocycles. The van der Waals surface area contributed by atoms with Crippen LogP contribution < -0.4 is 10.1 Å². The number of hydrogen-bond donors (Lipinski definition) is 1. The van der Waals surface area contributed by atoms with Gasteiger partial charge in [-0.1, -0.05) is 24.3 Å². The van der Waals surface area contributed by atoms with Crippen molar-refractivity contribution in [2.45, 2.75) is 44.9 Å². The number of carbonyl (C=O) groups excluding carboxylic acids is 2. The van der Waals surface area contributed by atoms with Crippen molar-refractivity contribution in [3.8, 4) is 5.75 Å². The summed E-state index contributed by atoms with van der Waals surface area (Å²) in [5.41, 5.74) is -0.196. The number of benzene rings is 2. The Balaban J connectivity index is 1.41. The normalized spacial score (nSPS) is 21.5. The quantitative estimate of drug-likeness (QED) is 0.822. The Bertz CT molecular complexity index is 969. The molecule has 0 unspecified atom stereocenters. The Morgan fingerprint density at radius 2 is 1.55 bits per heavy atom. The molecule has 1 aliphatic heterocycles. The molecule has 3 aliphatic rings. The zero-order valence-electron chi connectivity index (χ0n) is 17.0. The molecular formula is C24H28N2O3. The second-order valence-electron chi connectivity index (χ2n) is 8.83. The molecule has 29 heavy (non-hydrogen) atoms. The largest absolute Gasteiger partial charge is 0.496 e. The topological polar surface area (TPSA) is 58.6 Å². The third-order valence-electron chi connectivity index (χ3n) is 7.26. The molecule has 1 N–H and O–H groups in total. The summed E-state index contributed by atoms with van der Waals surface area (Å²) in [6, 6.07) is 11.7. The van der Waals surface area contributed by atoms with Crippen LogP contribution in [-0.4, -0.2) is 36.9 Å². The summed E-state index contributed by atoms with van der Waals surface area (Å²) in [5.74, 6) is 1.03. The number of rotatable bonds is 5. The fourth-order valence-corrected chi connectivity index (χ4v) is 5.27. The Labute approximate surface area is 171 Å². The van der Waals surface area contributed by atoms with Crippen LogP contribution in [0.25, 0.3) is 10.8 Å². The number of carbonyl (C=O) groups is 2. The van der Waals surface area contributed by atoms with Gasteiger partial charge in [0, 0.05) is 29.5 Å². The van der Waals surface area contributed by atoms with Crippen LogP contribution in [0.1, 0.15) is 44.9 Å². The van der Waals surface area contributed by atoms with E-state index in [1.54, 1.807) is 7.11 Å². The molecule has 2 aliphatic carbocycles. The minimum absolute atomic E-state index is 0.00989. The smallest absolute Gasteiger partial charge is 0.231 e. The highest BCUT2D eigenvalue weighted by atomic mass is 16.5. The van der Waals surface area contributed by atoms with Gasteiger partial charge in [0.15, 0.2) is 0 Å². The van der Waals surface area contributed by atoms with Crippen LogP contribution in [0.4, 0.5) is 5.69 Å². The third-order valence-corrected chi connectivity index (χ3v) is 7.26. The summed E-state index contributed by atoms with van der Waals surface area (Å²) in [4.78, 5) is 28.8. The van der Waals surface area contributed by atoms with Gasteiger partial charge in [-0.2, -0.15) is 0 Å².